The van der Waals surface area contributed by atoms with E-state index < -0.39 is 0 Å². The zero-order chi connectivity index (χ0) is 14.0. The Bertz CT molecular complexity index is 480. The maximum absolute atomic E-state index is 11.7. The number of esters is 1. The van der Waals surface area contributed by atoms with Gasteiger partial charge in [0.05, 0.1) is 12.7 Å². The number of methoxy groups -OCH3 is 1. The molecule has 0 aromatic heterocycles. The van der Waals surface area contributed by atoms with Gasteiger partial charge < -0.3 is 20.3 Å². The number of hydrogen-bond donors (Lipinski definition) is 1. The topological polar surface area (TPSA) is 58.8 Å². The van der Waals surface area contributed by atoms with E-state index in [1.54, 1.807) is 0 Å². The Kier molecular flexibility index (Phi) is 3.95. The molecule has 5 heteroatoms. The predicted molar refractivity (Wildman–Crippen MR) is 76.6 cm³/mol. The number of rotatable bonds is 2. The fourth-order valence-electron chi connectivity index (χ4n) is 2.31. The molecule has 1 aliphatic heterocycles. The number of piperazine rings is 1. The van der Waals surface area contributed by atoms with Crippen molar-refractivity contribution in [3.63, 3.8) is 0 Å². The van der Waals surface area contributed by atoms with Crippen molar-refractivity contribution in [2.24, 2.45) is 0 Å². The van der Waals surface area contributed by atoms with Gasteiger partial charge in [0.2, 0.25) is 0 Å². The van der Waals surface area contributed by atoms with E-state index in [2.05, 4.69) is 16.8 Å². The van der Waals surface area contributed by atoms with E-state index in [4.69, 9.17) is 10.5 Å². The van der Waals surface area contributed by atoms with Gasteiger partial charge in [-0.3, -0.25) is 0 Å². The first-order valence-corrected chi connectivity index (χ1v) is 6.45. The SMILES string of the molecule is COC(=O)c1cc(N2CCN(C)CC2)cc(C)c1N. The first kappa shape index (κ1) is 13.7. The number of carbonyl (C=O) groups excluding carboxylic acids is 1. The number of ether oxygens (including phenoxy) is 1. The molecule has 0 spiro atoms. The van der Waals surface area contributed by atoms with Gasteiger partial charge in [-0.15, -0.1) is 0 Å². The molecule has 0 unspecified atom stereocenters. The van der Waals surface area contributed by atoms with Crippen molar-refractivity contribution in [2.45, 2.75) is 6.92 Å². The minimum atomic E-state index is -0.378. The van der Waals surface area contributed by atoms with Crippen LogP contribution in [0.2, 0.25) is 0 Å². The number of nitrogens with zero attached hydrogens (tertiary/aromatic N) is 2. The van der Waals surface area contributed by atoms with Gasteiger partial charge in [-0.25, -0.2) is 4.79 Å². The Morgan fingerprint density at radius 1 is 1.26 bits per heavy atom. The second-order valence-electron chi connectivity index (χ2n) is 5.01. The number of benzene rings is 1. The van der Waals surface area contributed by atoms with Crippen molar-refractivity contribution < 1.29 is 9.53 Å². The third-order valence-corrected chi connectivity index (χ3v) is 3.65. The second kappa shape index (κ2) is 5.48. The van der Waals surface area contributed by atoms with Gasteiger partial charge in [0.15, 0.2) is 0 Å². The Morgan fingerprint density at radius 3 is 2.47 bits per heavy atom. The molecule has 1 aromatic rings. The molecule has 1 heterocycles. The summed E-state index contributed by atoms with van der Waals surface area (Å²) < 4.78 is 4.79. The third kappa shape index (κ3) is 2.81. The fraction of sp³-hybridized carbons (Fsp3) is 0.500. The lowest BCUT2D eigenvalue weighted by Gasteiger charge is -2.34. The smallest absolute Gasteiger partial charge is 0.340 e. The van der Waals surface area contributed by atoms with Crippen LogP contribution in [-0.4, -0.2) is 51.2 Å². The summed E-state index contributed by atoms with van der Waals surface area (Å²) in [5.41, 5.74) is 8.87. The highest BCUT2D eigenvalue weighted by Crippen LogP contribution is 2.26. The highest BCUT2D eigenvalue weighted by atomic mass is 16.5. The first-order valence-electron chi connectivity index (χ1n) is 6.45. The van der Waals surface area contributed by atoms with Crippen LogP contribution in [0.1, 0.15) is 15.9 Å². The Hall–Kier alpha value is -1.75. The number of anilines is 2. The molecule has 5 nitrogen and oxygen atoms in total. The monoisotopic (exact) mass is 263 g/mol. The van der Waals surface area contributed by atoms with Crippen LogP contribution in [0.25, 0.3) is 0 Å². The van der Waals surface area contributed by atoms with Crippen molar-refractivity contribution >= 4 is 17.3 Å². The van der Waals surface area contributed by atoms with Gasteiger partial charge >= 0.3 is 5.97 Å². The van der Waals surface area contributed by atoms with Crippen LogP contribution in [0.5, 0.6) is 0 Å². The Balaban J connectivity index is 2.31. The highest BCUT2D eigenvalue weighted by Gasteiger charge is 2.19. The summed E-state index contributed by atoms with van der Waals surface area (Å²) in [6.45, 7) is 5.89. The average molecular weight is 263 g/mol. The van der Waals surface area contributed by atoms with E-state index in [1.165, 1.54) is 7.11 Å². The molecule has 0 bridgehead atoms. The third-order valence-electron chi connectivity index (χ3n) is 3.65. The predicted octanol–water partition coefficient (Wildman–Crippen LogP) is 1.12. The van der Waals surface area contributed by atoms with Crippen LogP contribution in [0.15, 0.2) is 12.1 Å². The van der Waals surface area contributed by atoms with Gasteiger partial charge in [0, 0.05) is 37.6 Å². The van der Waals surface area contributed by atoms with E-state index in [0.29, 0.717) is 11.3 Å². The van der Waals surface area contributed by atoms with Crippen LogP contribution in [0.3, 0.4) is 0 Å². The molecule has 2 N–H and O–H groups in total. The average Bonchev–Trinajstić information content (AvgIpc) is 2.41. The number of likely N-dealkylation sites (N-methyl/N-ethyl adjacent to an activating group) is 1. The molecule has 0 radical (unpaired) electrons. The molecule has 1 aromatic carbocycles. The second-order valence-corrected chi connectivity index (χ2v) is 5.01. The zero-order valence-electron chi connectivity index (χ0n) is 11.8. The Morgan fingerprint density at radius 2 is 1.89 bits per heavy atom. The maximum Gasteiger partial charge on any atom is 0.340 e. The molecule has 1 saturated heterocycles. The summed E-state index contributed by atoms with van der Waals surface area (Å²) in [6.07, 6.45) is 0. The first-order chi connectivity index (χ1) is 9.02. The maximum atomic E-state index is 11.7. The number of hydrogen-bond acceptors (Lipinski definition) is 5. The van der Waals surface area contributed by atoms with E-state index in [9.17, 15) is 4.79 Å². The van der Waals surface area contributed by atoms with E-state index >= 15 is 0 Å². The molecular formula is C14H21N3O2. The van der Waals surface area contributed by atoms with Gasteiger partial charge in [-0.1, -0.05) is 0 Å². The van der Waals surface area contributed by atoms with Crippen LogP contribution in [-0.2, 0) is 4.74 Å². The normalized spacial score (nSPS) is 16.5. The molecule has 0 atom stereocenters. The van der Waals surface area contributed by atoms with Crippen LogP contribution in [0.4, 0.5) is 11.4 Å². The highest BCUT2D eigenvalue weighted by molar-refractivity contribution is 5.97. The van der Waals surface area contributed by atoms with Crippen molar-refractivity contribution in [3.8, 4) is 0 Å². The van der Waals surface area contributed by atoms with Gasteiger partial charge in [0.1, 0.15) is 0 Å². The number of nitrogens with two attached hydrogens (primary N) is 1. The summed E-state index contributed by atoms with van der Waals surface area (Å²) in [6, 6.07) is 3.87. The van der Waals surface area contributed by atoms with Crippen LogP contribution < -0.4 is 10.6 Å². The molecule has 19 heavy (non-hydrogen) atoms. The zero-order valence-corrected chi connectivity index (χ0v) is 11.8. The molecular weight excluding hydrogens is 242 g/mol. The van der Waals surface area contributed by atoms with Crippen LogP contribution >= 0.6 is 0 Å². The van der Waals surface area contributed by atoms with Crippen molar-refractivity contribution in [1.29, 1.82) is 0 Å². The summed E-state index contributed by atoms with van der Waals surface area (Å²) in [5.74, 6) is -0.378. The molecule has 0 aliphatic carbocycles. The minimum Gasteiger partial charge on any atom is -0.465 e. The summed E-state index contributed by atoms with van der Waals surface area (Å²) >= 11 is 0. The fourth-order valence-corrected chi connectivity index (χ4v) is 2.31. The van der Waals surface area contributed by atoms with Crippen LogP contribution in [0, 0.1) is 6.92 Å². The Labute approximate surface area is 113 Å². The van der Waals surface area contributed by atoms with Crippen molar-refractivity contribution in [2.75, 3.05) is 51.0 Å². The quantitative estimate of drug-likeness (QED) is 0.640. The number of nitrogen functional groups attached to an aromatic ring is 1. The lowest BCUT2D eigenvalue weighted by Crippen LogP contribution is -2.44. The summed E-state index contributed by atoms with van der Waals surface area (Å²) in [5, 5.41) is 0. The molecule has 2 rings (SSSR count). The number of carbonyl (C=O) groups is 1. The molecule has 1 aliphatic rings. The lowest BCUT2D eigenvalue weighted by atomic mass is 10.1. The molecule has 0 saturated carbocycles. The molecule has 1 fully saturated rings. The van der Waals surface area contributed by atoms with Crippen molar-refractivity contribution in [1.82, 2.24) is 4.90 Å². The largest absolute Gasteiger partial charge is 0.465 e. The van der Waals surface area contributed by atoms with Gasteiger partial charge in [0.25, 0.3) is 0 Å². The number of aryl methyl sites for hydroxylation is 1. The van der Waals surface area contributed by atoms with E-state index in [1.807, 2.05) is 19.1 Å². The summed E-state index contributed by atoms with van der Waals surface area (Å²) in [4.78, 5) is 16.3. The van der Waals surface area contributed by atoms with E-state index in [0.717, 1.165) is 37.4 Å². The van der Waals surface area contributed by atoms with Crippen molar-refractivity contribution in [3.05, 3.63) is 23.3 Å². The standard InChI is InChI=1S/C14H21N3O2/c1-10-8-11(17-6-4-16(2)5-7-17)9-12(13(10)15)14(18)19-3/h8-9H,4-7,15H2,1-3H3. The lowest BCUT2D eigenvalue weighted by molar-refractivity contribution is 0.0602. The summed E-state index contributed by atoms with van der Waals surface area (Å²) in [7, 11) is 3.49. The minimum absolute atomic E-state index is 0.378. The molecule has 104 valence electrons. The van der Waals surface area contributed by atoms with Gasteiger partial charge in [-0.05, 0) is 31.7 Å². The molecule has 0 amide bonds. The van der Waals surface area contributed by atoms with Gasteiger partial charge in [-0.2, -0.15) is 0 Å². The van der Waals surface area contributed by atoms with E-state index in [-0.39, 0.29) is 5.97 Å².